The molecule has 3 aromatic rings. The van der Waals surface area contributed by atoms with Crippen molar-refractivity contribution in [2.45, 2.75) is 19.4 Å². The van der Waals surface area contributed by atoms with E-state index >= 15 is 0 Å². The Balaban J connectivity index is 1.57. The first-order valence-electron chi connectivity index (χ1n) is 9.59. The third-order valence-electron chi connectivity index (χ3n) is 5.32. The van der Waals surface area contributed by atoms with Gasteiger partial charge in [0.2, 0.25) is 5.91 Å². The Morgan fingerprint density at radius 1 is 1.07 bits per heavy atom. The zero-order valence-electron chi connectivity index (χ0n) is 15.8. The van der Waals surface area contributed by atoms with Crippen molar-refractivity contribution in [2.24, 2.45) is 5.92 Å². The van der Waals surface area contributed by atoms with Crippen LogP contribution in [0, 0.1) is 5.92 Å². The van der Waals surface area contributed by atoms with E-state index in [1.807, 2.05) is 42.5 Å². The lowest BCUT2D eigenvalue weighted by molar-refractivity contribution is -0.145. The van der Waals surface area contributed by atoms with Crippen LogP contribution in [-0.4, -0.2) is 44.8 Å². The molecule has 2 aromatic carbocycles. The van der Waals surface area contributed by atoms with E-state index in [1.54, 1.807) is 6.07 Å². The van der Waals surface area contributed by atoms with Crippen molar-refractivity contribution < 1.29 is 14.7 Å². The minimum atomic E-state index is -0.893. The maximum atomic E-state index is 12.6. The normalized spacial score (nSPS) is 16.7. The fraction of sp³-hybridized carbons (Fsp3) is 0.273. The predicted molar refractivity (Wildman–Crippen MR) is 108 cm³/mol. The summed E-state index contributed by atoms with van der Waals surface area (Å²) >= 11 is 0. The summed E-state index contributed by atoms with van der Waals surface area (Å²) in [6, 6.07) is 16.9. The number of carboxylic acids is 1. The van der Waals surface area contributed by atoms with Gasteiger partial charge in [0.15, 0.2) is 0 Å². The van der Waals surface area contributed by atoms with E-state index < -0.39 is 11.9 Å². The summed E-state index contributed by atoms with van der Waals surface area (Å²) in [6.45, 7) is 0.474. The molecule has 0 radical (unpaired) electrons. The predicted octanol–water partition coefficient (Wildman–Crippen LogP) is 2.39. The zero-order valence-corrected chi connectivity index (χ0v) is 15.8. The van der Waals surface area contributed by atoms with Crippen LogP contribution in [0.15, 0.2) is 59.4 Å². The molecule has 148 valence electrons. The molecular formula is C22H21N3O4. The topological polar surface area (TPSA) is 92.5 Å². The standard InChI is InChI=1S/C22H21N3O4/c26-20-10-9-19(17-8-7-15-4-1-2-5-16(15)12-17)23-25(20)14-21(27)24-11-3-6-18(13-24)22(28)29/h1-2,4-5,7-10,12,18H,3,6,11,13-14H2,(H,28,29). The fourth-order valence-corrected chi connectivity index (χ4v) is 3.70. The van der Waals surface area contributed by atoms with Crippen LogP contribution in [0.3, 0.4) is 0 Å². The Morgan fingerprint density at radius 3 is 2.66 bits per heavy atom. The average Bonchev–Trinajstić information content (AvgIpc) is 2.75. The maximum Gasteiger partial charge on any atom is 0.308 e. The van der Waals surface area contributed by atoms with Crippen molar-refractivity contribution in [1.82, 2.24) is 14.7 Å². The van der Waals surface area contributed by atoms with Crippen LogP contribution in [0.1, 0.15) is 12.8 Å². The number of nitrogens with zero attached hydrogens (tertiary/aromatic N) is 3. The van der Waals surface area contributed by atoms with Gasteiger partial charge >= 0.3 is 5.97 Å². The number of aliphatic carboxylic acids is 1. The lowest BCUT2D eigenvalue weighted by atomic mass is 9.98. The summed E-state index contributed by atoms with van der Waals surface area (Å²) in [5.41, 5.74) is 1.09. The maximum absolute atomic E-state index is 12.6. The average molecular weight is 391 g/mol. The first-order valence-corrected chi connectivity index (χ1v) is 9.59. The highest BCUT2D eigenvalue weighted by Gasteiger charge is 2.28. The third-order valence-corrected chi connectivity index (χ3v) is 5.32. The Hall–Kier alpha value is -3.48. The Morgan fingerprint density at radius 2 is 1.86 bits per heavy atom. The van der Waals surface area contributed by atoms with Gasteiger partial charge in [-0.15, -0.1) is 0 Å². The Kier molecular flexibility index (Phi) is 5.12. The quantitative estimate of drug-likeness (QED) is 0.737. The van der Waals surface area contributed by atoms with E-state index in [0.717, 1.165) is 21.0 Å². The fourth-order valence-electron chi connectivity index (χ4n) is 3.70. The molecule has 1 aliphatic rings. The molecule has 1 aliphatic heterocycles. The molecule has 1 aromatic heterocycles. The minimum Gasteiger partial charge on any atom is -0.481 e. The summed E-state index contributed by atoms with van der Waals surface area (Å²) < 4.78 is 1.15. The largest absolute Gasteiger partial charge is 0.481 e. The van der Waals surface area contributed by atoms with E-state index in [2.05, 4.69) is 5.10 Å². The van der Waals surface area contributed by atoms with E-state index in [0.29, 0.717) is 25.1 Å². The number of aromatic nitrogens is 2. The van der Waals surface area contributed by atoms with Gasteiger partial charge in [0.1, 0.15) is 6.54 Å². The van der Waals surface area contributed by atoms with Crippen LogP contribution in [0.5, 0.6) is 0 Å². The zero-order chi connectivity index (χ0) is 20.4. The van der Waals surface area contributed by atoms with Crippen molar-refractivity contribution in [3.8, 4) is 11.3 Å². The molecule has 1 amide bonds. The molecule has 1 fully saturated rings. The van der Waals surface area contributed by atoms with Crippen LogP contribution in [0.2, 0.25) is 0 Å². The lowest BCUT2D eigenvalue weighted by Gasteiger charge is -2.30. The Labute approximate surface area is 167 Å². The summed E-state index contributed by atoms with van der Waals surface area (Å²) in [5, 5.41) is 15.8. The van der Waals surface area contributed by atoms with Gasteiger partial charge in [-0.3, -0.25) is 14.4 Å². The van der Waals surface area contributed by atoms with E-state index in [-0.39, 0.29) is 24.6 Å². The summed E-state index contributed by atoms with van der Waals surface area (Å²) in [6.07, 6.45) is 1.21. The summed E-state index contributed by atoms with van der Waals surface area (Å²) in [5.74, 6) is -1.74. The molecule has 2 heterocycles. The van der Waals surface area contributed by atoms with Gasteiger partial charge in [0.05, 0.1) is 11.6 Å². The third kappa shape index (κ3) is 4.03. The van der Waals surface area contributed by atoms with Gasteiger partial charge in [-0.2, -0.15) is 5.10 Å². The molecule has 0 saturated carbocycles. The summed E-state index contributed by atoms with van der Waals surface area (Å²) in [7, 11) is 0. The second-order valence-electron chi connectivity index (χ2n) is 7.29. The number of rotatable bonds is 4. The number of hydrogen-bond donors (Lipinski definition) is 1. The molecule has 0 spiro atoms. The number of amides is 1. The van der Waals surface area contributed by atoms with Gasteiger partial charge in [0.25, 0.3) is 5.56 Å². The number of piperidine rings is 1. The molecule has 0 bridgehead atoms. The number of hydrogen-bond acceptors (Lipinski definition) is 4. The highest BCUT2D eigenvalue weighted by atomic mass is 16.4. The molecule has 1 N–H and O–H groups in total. The van der Waals surface area contributed by atoms with Crippen LogP contribution < -0.4 is 5.56 Å². The number of fused-ring (bicyclic) bond motifs is 1. The SMILES string of the molecule is O=C(O)C1CCCN(C(=O)Cn2nc(-c3ccc4ccccc4c3)ccc2=O)C1. The molecule has 1 saturated heterocycles. The number of carboxylic acid groups (broad SMARTS) is 1. The number of likely N-dealkylation sites (tertiary alicyclic amines) is 1. The monoisotopic (exact) mass is 391 g/mol. The van der Waals surface area contributed by atoms with Crippen molar-refractivity contribution in [3.05, 3.63) is 65.0 Å². The van der Waals surface area contributed by atoms with Gasteiger partial charge in [0, 0.05) is 24.7 Å². The number of carbonyl (C=O) groups is 2. The van der Waals surface area contributed by atoms with E-state index in [1.165, 1.54) is 11.0 Å². The molecule has 29 heavy (non-hydrogen) atoms. The highest BCUT2D eigenvalue weighted by molar-refractivity contribution is 5.86. The molecule has 0 aliphatic carbocycles. The van der Waals surface area contributed by atoms with Gasteiger partial charge < -0.3 is 10.0 Å². The first kappa shape index (κ1) is 18.9. The van der Waals surface area contributed by atoms with Crippen molar-refractivity contribution in [2.75, 3.05) is 13.1 Å². The van der Waals surface area contributed by atoms with Crippen molar-refractivity contribution in [3.63, 3.8) is 0 Å². The van der Waals surface area contributed by atoms with Crippen molar-refractivity contribution in [1.29, 1.82) is 0 Å². The molecule has 1 unspecified atom stereocenters. The first-order chi connectivity index (χ1) is 14.0. The summed E-state index contributed by atoms with van der Waals surface area (Å²) in [4.78, 5) is 37.6. The van der Waals surface area contributed by atoms with Gasteiger partial charge in [-0.25, -0.2) is 4.68 Å². The highest BCUT2D eigenvalue weighted by Crippen LogP contribution is 2.22. The molecule has 7 heteroatoms. The van der Waals surface area contributed by atoms with Gasteiger partial charge in [-0.1, -0.05) is 36.4 Å². The second-order valence-corrected chi connectivity index (χ2v) is 7.29. The van der Waals surface area contributed by atoms with Crippen LogP contribution in [0.4, 0.5) is 0 Å². The molecular weight excluding hydrogens is 370 g/mol. The smallest absolute Gasteiger partial charge is 0.308 e. The van der Waals surface area contributed by atoms with Crippen LogP contribution >= 0.6 is 0 Å². The van der Waals surface area contributed by atoms with Gasteiger partial charge in [-0.05, 0) is 35.7 Å². The second kappa shape index (κ2) is 7.87. The minimum absolute atomic E-state index is 0.174. The van der Waals surface area contributed by atoms with Crippen molar-refractivity contribution >= 4 is 22.6 Å². The molecule has 1 atom stereocenters. The molecule has 7 nitrogen and oxygen atoms in total. The lowest BCUT2D eigenvalue weighted by Crippen LogP contribution is -2.44. The Bertz CT molecular complexity index is 1140. The molecule has 4 rings (SSSR count). The van der Waals surface area contributed by atoms with Crippen LogP contribution in [-0.2, 0) is 16.1 Å². The van der Waals surface area contributed by atoms with E-state index in [4.69, 9.17) is 0 Å². The van der Waals surface area contributed by atoms with Crippen LogP contribution in [0.25, 0.3) is 22.0 Å². The number of carbonyl (C=O) groups excluding carboxylic acids is 1. The number of benzene rings is 2. The van der Waals surface area contributed by atoms with E-state index in [9.17, 15) is 19.5 Å².